The lowest BCUT2D eigenvalue weighted by molar-refractivity contribution is -0.147. The van der Waals surface area contributed by atoms with Gasteiger partial charge in [-0.2, -0.15) is 9.98 Å². The minimum atomic E-state index is -1.02. The van der Waals surface area contributed by atoms with Crippen LogP contribution in [-0.4, -0.2) is 110 Å². The molecule has 0 atom stereocenters. The number of hydrogen-bond acceptors (Lipinski definition) is 18. The number of aliphatic hydroxyl groups excluding tert-OH is 1. The van der Waals surface area contributed by atoms with Crippen molar-refractivity contribution in [2.45, 2.75) is 50.7 Å². The summed E-state index contributed by atoms with van der Waals surface area (Å²) in [5, 5.41) is 24.8. The third-order valence-corrected chi connectivity index (χ3v) is 7.13. The zero-order valence-electron chi connectivity index (χ0n) is 33.5. The van der Waals surface area contributed by atoms with E-state index in [9.17, 15) is 33.6 Å². The van der Waals surface area contributed by atoms with Crippen LogP contribution in [0.1, 0.15) is 43.2 Å². The van der Waals surface area contributed by atoms with Gasteiger partial charge >= 0.3 is 30.0 Å². The van der Waals surface area contributed by atoms with E-state index in [1.807, 2.05) is 24.3 Å². The molecule has 0 saturated carbocycles. The van der Waals surface area contributed by atoms with Gasteiger partial charge in [0.15, 0.2) is 18.1 Å². The normalized spacial score (nSPS) is 9.57. The van der Waals surface area contributed by atoms with Gasteiger partial charge in [0.1, 0.15) is 33.2 Å². The van der Waals surface area contributed by atoms with Crippen molar-refractivity contribution >= 4 is 59.4 Å². The van der Waals surface area contributed by atoms with Gasteiger partial charge in [0, 0.05) is 37.3 Å². The molecule has 328 valence electrons. The Kier molecular flexibility index (Phi) is 30.6. The van der Waals surface area contributed by atoms with Crippen LogP contribution in [0.3, 0.4) is 0 Å². The predicted molar refractivity (Wildman–Crippen MR) is 219 cm³/mol. The fraction of sp³-hybridized carbons (Fsp3) is 0.333. The van der Waals surface area contributed by atoms with E-state index in [0.717, 1.165) is 54.7 Å². The summed E-state index contributed by atoms with van der Waals surface area (Å²) < 4.78 is 30.0. The molecule has 2 aromatic rings. The molecule has 0 heterocycles. The molecule has 0 bridgehead atoms. The Bertz CT molecular complexity index is 1640. The van der Waals surface area contributed by atoms with Crippen LogP contribution in [0.5, 0.6) is 0 Å². The van der Waals surface area contributed by atoms with Gasteiger partial charge in [0.05, 0.1) is 11.4 Å². The van der Waals surface area contributed by atoms with E-state index in [-0.39, 0.29) is 32.3 Å². The number of hydrogen-bond donors (Lipinski definition) is 4. The number of unbranched alkanes of at least 4 members (excludes halogenated alkanes) is 3. The first-order chi connectivity index (χ1) is 29.4. The number of rotatable bonds is 25. The minimum absolute atomic E-state index is 0.0636. The number of carbonyl (C=O) groups is 5. The topological polar surface area (TPSA) is 276 Å². The van der Waals surface area contributed by atoms with Crippen LogP contribution in [0, 0.1) is 5.41 Å². The number of isocyanates is 2. The Labute approximate surface area is 352 Å². The molecule has 0 unspecified atom stereocenters. The summed E-state index contributed by atoms with van der Waals surface area (Å²) >= 11 is 0. The molecule has 19 nitrogen and oxygen atoms in total. The zero-order chi connectivity index (χ0) is 45.7. The number of carbonyl (C=O) groups excluding carboxylic acids is 7. The van der Waals surface area contributed by atoms with Crippen LogP contribution in [0.15, 0.2) is 109 Å². The summed E-state index contributed by atoms with van der Waals surface area (Å²) in [6, 6.07) is 14.7. The maximum absolute atomic E-state index is 12.0. The quantitative estimate of drug-likeness (QED) is 0.0157. The van der Waals surface area contributed by atoms with Gasteiger partial charge in [-0.15, -0.1) is 0 Å². The molecule has 0 fully saturated rings. The third-order valence-electron chi connectivity index (χ3n) is 7.13. The van der Waals surface area contributed by atoms with Crippen molar-refractivity contribution in [1.29, 1.82) is 5.41 Å². The van der Waals surface area contributed by atoms with E-state index < -0.39 is 49.0 Å². The van der Waals surface area contributed by atoms with Crippen molar-refractivity contribution in [3.8, 4) is 0 Å². The van der Waals surface area contributed by atoms with Crippen molar-refractivity contribution in [2.75, 3.05) is 39.8 Å². The number of aliphatic hydroxyl groups is 2. The highest BCUT2D eigenvalue weighted by atomic mass is 16.6. The molecule has 0 aromatic heterocycles. The second-order valence-electron chi connectivity index (χ2n) is 11.7. The molecular weight excluding hydrogens is 800 g/mol. The second-order valence-corrected chi connectivity index (χ2v) is 11.7. The average Bonchev–Trinajstić information content (AvgIpc) is 3.26. The molecule has 0 saturated heterocycles. The summed E-state index contributed by atoms with van der Waals surface area (Å²) in [5.41, 5.74) is 3.40. The third kappa shape index (κ3) is 28.7. The van der Waals surface area contributed by atoms with Gasteiger partial charge in [0.2, 0.25) is 12.2 Å². The molecule has 0 aliphatic rings. The van der Waals surface area contributed by atoms with Crippen LogP contribution in [0.4, 0.5) is 16.2 Å². The predicted octanol–water partition coefficient (Wildman–Crippen LogP) is 4.45. The van der Waals surface area contributed by atoms with Crippen molar-refractivity contribution < 1.29 is 72.2 Å². The minimum Gasteiger partial charge on any atom is -0.471 e. The molecule has 0 aliphatic heterocycles. The number of nitrogens with zero attached hydrogens (tertiary/aromatic N) is 2. The van der Waals surface area contributed by atoms with Gasteiger partial charge in [-0.1, -0.05) is 63.4 Å². The molecule has 4 N–H and O–H groups in total. The number of nitrogens with one attached hydrogen (secondary N) is 2. The monoisotopic (exact) mass is 850 g/mol. The summed E-state index contributed by atoms with van der Waals surface area (Å²) in [5.74, 6) is -2.86. The maximum atomic E-state index is 12.0. The lowest BCUT2D eigenvalue weighted by Gasteiger charge is -2.19. The summed E-state index contributed by atoms with van der Waals surface area (Å²) in [7, 11) is 0. The number of amides is 1. The van der Waals surface area contributed by atoms with E-state index in [2.05, 4.69) is 41.6 Å². The first kappa shape index (κ1) is 53.7. The highest BCUT2D eigenvalue weighted by Gasteiger charge is 2.19. The molecule has 61 heavy (non-hydrogen) atoms. The van der Waals surface area contributed by atoms with Gasteiger partial charge in [0.25, 0.3) is 0 Å². The number of esters is 4. The lowest BCUT2D eigenvalue weighted by Crippen LogP contribution is -2.35. The molecule has 19 heteroatoms. The maximum Gasteiger partial charge on any atom is 0.407 e. The van der Waals surface area contributed by atoms with E-state index in [0.29, 0.717) is 37.2 Å². The van der Waals surface area contributed by atoms with Gasteiger partial charge in [-0.3, -0.25) is 5.41 Å². The van der Waals surface area contributed by atoms with Crippen LogP contribution < -0.4 is 5.32 Å². The lowest BCUT2D eigenvalue weighted by atomic mass is 10.0. The second kappa shape index (κ2) is 34.7. The van der Waals surface area contributed by atoms with Crippen LogP contribution in [-0.2, 0) is 63.6 Å². The van der Waals surface area contributed by atoms with Crippen LogP contribution in [0.25, 0.3) is 0 Å². The number of alkyl carbamates (subject to hydrolysis) is 1. The van der Waals surface area contributed by atoms with E-state index in [1.165, 1.54) is 12.2 Å². The molecule has 1 amide bonds. The molecule has 0 radical (unpaired) electrons. The van der Waals surface area contributed by atoms with Crippen molar-refractivity contribution in [2.24, 2.45) is 9.98 Å². The molecule has 0 spiro atoms. The number of ether oxygens (including phenoxy) is 6. The molecular formula is C42H50N4O15. The summed E-state index contributed by atoms with van der Waals surface area (Å²) in [6.45, 7) is 11.5. The number of benzene rings is 2. The van der Waals surface area contributed by atoms with Gasteiger partial charge in [-0.05, 0) is 54.7 Å². The van der Waals surface area contributed by atoms with Crippen molar-refractivity contribution in [1.82, 2.24) is 5.32 Å². The smallest absolute Gasteiger partial charge is 0.407 e. The standard InChI is InChI=1S/C26H36N2O11.C15H10N2O2.CH4O2/c1-5-22(29)34-15-19(16-35-23(30)6-2)38-21(27)13-11-9-10-12-14-28-26(33)39-20(17-36-24(31)7-3)18-37-25(32)8-4;18-10-16-14-5-1-12(2-6-14)9-13-3-7-15(8-4-13)17-11-19;2-1-3/h5-8,19-20,27H,1-4,9-18H2,(H,28,33);1-8H,9H2;2-3H,1H2. The van der Waals surface area contributed by atoms with Crippen molar-refractivity contribution in [3.05, 3.63) is 110 Å². The average molecular weight is 851 g/mol. The highest BCUT2D eigenvalue weighted by Crippen LogP contribution is 2.18. The first-order valence-corrected chi connectivity index (χ1v) is 18.3. The van der Waals surface area contributed by atoms with E-state index >= 15 is 0 Å². The van der Waals surface area contributed by atoms with Crippen LogP contribution >= 0.6 is 0 Å². The van der Waals surface area contributed by atoms with E-state index in [1.54, 1.807) is 24.3 Å². The summed E-state index contributed by atoms with van der Waals surface area (Å²) in [6.07, 6.45) is 7.93. The van der Waals surface area contributed by atoms with E-state index in [4.69, 9.17) is 44.0 Å². The highest BCUT2D eigenvalue weighted by molar-refractivity contribution is 5.82. The Morgan fingerprint density at radius 1 is 0.623 bits per heavy atom. The van der Waals surface area contributed by atoms with Gasteiger partial charge < -0.3 is 44.0 Å². The SMILES string of the molecule is C=CC(=O)OCC(COC(=O)C=C)OC(=N)CCCCCCNC(=O)OC(COC(=O)C=C)COC(=O)C=C.O=C=Nc1ccc(Cc2ccc(N=C=O)cc2)cc1.OCO. The van der Waals surface area contributed by atoms with Crippen LogP contribution in [0.2, 0.25) is 0 Å². The Balaban J connectivity index is 0.00000134. The molecule has 2 aromatic carbocycles. The van der Waals surface area contributed by atoms with Gasteiger partial charge in [-0.25, -0.2) is 33.6 Å². The fourth-order valence-corrected chi connectivity index (χ4v) is 4.29. The molecule has 2 rings (SSSR count). The first-order valence-electron chi connectivity index (χ1n) is 18.3. The fourth-order valence-electron chi connectivity index (χ4n) is 4.29. The summed E-state index contributed by atoms with van der Waals surface area (Å²) in [4.78, 5) is 84.3. The van der Waals surface area contributed by atoms with Crippen molar-refractivity contribution in [3.63, 3.8) is 0 Å². The Morgan fingerprint density at radius 3 is 1.34 bits per heavy atom. The Morgan fingerprint density at radius 2 is 0.984 bits per heavy atom. The largest absolute Gasteiger partial charge is 0.471 e. The zero-order valence-corrected chi connectivity index (χ0v) is 33.5. The Hall–Kier alpha value is -7.30. The molecule has 0 aliphatic carbocycles. The number of aliphatic imine (C=N–C) groups is 2.